The number of ketones is 1. The van der Waals surface area contributed by atoms with E-state index in [2.05, 4.69) is 4.90 Å². The number of piperidine rings is 1. The molecular formula is C19H19ClFNO. The molecular weight excluding hydrogens is 313 g/mol. The second-order valence-electron chi connectivity index (χ2n) is 5.99. The minimum Gasteiger partial charge on any atom is -0.299 e. The lowest BCUT2D eigenvalue weighted by Gasteiger charge is -2.26. The normalized spacial score (nSPS) is 15.6. The monoisotopic (exact) mass is 331 g/mol. The molecule has 120 valence electrons. The van der Waals surface area contributed by atoms with Gasteiger partial charge in [-0.15, -0.1) is 0 Å². The Kier molecular flexibility index (Phi) is 5.09. The van der Waals surface area contributed by atoms with Crippen molar-refractivity contribution in [2.45, 2.75) is 25.8 Å². The number of carbonyl (C=O) groups excluding carboxylic acids is 1. The number of halogens is 2. The van der Waals surface area contributed by atoms with E-state index in [4.69, 9.17) is 11.6 Å². The average molecular weight is 332 g/mol. The minimum atomic E-state index is -0.570. The molecule has 0 unspecified atom stereocenters. The Morgan fingerprint density at radius 1 is 1.00 bits per heavy atom. The zero-order valence-electron chi connectivity index (χ0n) is 12.9. The Morgan fingerprint density at radius 3 is 2.30 bits per heavy atom. The average Bonchev–Trinajstić information content (AvgIpc) is 2.58. The maximum absolute atomic E-state index is 13.5. The Morgan fingerprint density at radius 2 is 1.65 bits per heavy atom. The van der Waals surface area contributed by atoms with Crippen LogP contribution in [0.2, 0.25) is 5.02 Å². The molecule has 1 fully saturated rings. The Labute approximate surface area is 140 Å². The first-order valence-corrected chi connectivity index (χ1v) is 8.32. The van der Waals surface area contributed by atoms with Crippen LogP contribution >= 0.6 is 11.6 Å². The van der Waals surface area contributed by atoms with Crippen LogP contribution in [0.5, 0.6) is 0 Å². The van der Waals surface area contributed by atoms with E-state index in [0.717, 1.165) is 19.6 Å². The van der Waals surface area contributed by atoms with Gasteiger partial charge >= 0.3 is 0 Å². The van der Waals surface area contributed by atoms with Crippen molar-refractivity contribution in [3.63, 3.8) is 0 Å². The lowest BCUT2D eigenvalue weighted by molar-refractivity contribution is 0.103. The minimum absolute atomic E-state index is 0.0263. The van der Waals surface area contributed by atoms with Crippen molar-refractivity contribution >= 4 is 17.4 Å². The van der Waals surface area contributed by atoms with Gasteiger partial charge < -0.3 is 0 Å². The molecule has 23 heavy (non-hydrogen) atoms. The van der Waals surface area contributed by atoms with E-state index in [9.17, 15) is 9.18 Å². The predicted molar refractivity (Wildman–Crippen MR) is 90.4 cm³/mol. The van der Waals surface area contributed by atoms with E-state index >= 15 is 0 Å². The highest BCUT2D eigenvalue weighted by Crippen LogP contribution is 2.19. The standard InChI is InChI=1S/C19H19ClFNO/c20-17-9-8-16(12-18(17)21)19(23)15-6-4-14(5-7-15)13-22-10-2-1-3-11-22/h4-9,12H,1-3,10-11,13H2. The molecule has 0 spiro atoms. The first kappa shape index (κ1) is 16.2. The van der Waals surface area contributed by atoms with Crippen LogP contribution in [0.15, 0.2) is 42.5 Å². The van der Waals surface area contributed by atoms with Crippen LogP contribution in [0.1, 0.15) is 40.7 Å². The second-order valence-corrected chi connectivity index (χ2v) is 6.40. The molecule has 2 nitrogen and oxygen atoms in total. The summed E-state index contributed by atoms with van der Waals surface area (Å²) in [6, 6.07) is 11.7. The van der Waals surface area contributed by atoms with Gasteiger partial charge in [-0.2, -0.15) is 0 Å². The van der Waals surface area contributed by atoms with Crippen molar-refractivity contribution < 1.29 is 9.18 Å². The molecule has 3 rings (SSSR count). The van der Waals surface area contributed by atoms with E-state index < -0.39 is 5.82 Å². The molecule has 0 bridgehead atoms. The summed E-state index contributed by atoms with van der Waals surface area (Å²) in [5.74, 6) is -0.760. The number of rotatable bonds is 4. The highest BCUT2D eigenvalue weighted by atomic mass is 35.5. The molecule has 1 aliphatic rings. The lowest BCUT2D eigenvalue weighted by atomic mass is 10.0. The zero-order chi connectivity index (χ0) is 16.2. The molecule has 1 saturated heterocycles. The largest absolute Gasteiger partial charge is 0.299 e. The Balaban J connectivity index is 1.70. The fraction of sp³-hybridized carbons (Fsp3) is 0.316. The number of hydrogen-bond donors (Lipinski definition) is 0. The summed E-state index contributed by atoms with van der Waals surface area (Å²) in [5.41, 5.74) is 2.08. The van der Waals surface area contributed by atoms with Gasteiger partial charge in [-0.3, -0.25) is 9.69 Å². The Hall–Kier alpha value is -1.71. The summed E-state index contributed by atoms with van der Waals surface area (Å²) < 4.78 is 13.5. The smallest absolute Gasteiger partial charge is 0.193 e. The summed E-state index contributed by atoms with van der Waals surface area (Å²) >= 11 is 5.65. The number of carbonyl (C=O) groups is 1. The lowest BCUT2D eigenvalue weighted by Crippen LogP contribution is -2.29. The zero-order valence-corrected chi connectivity index (χ0v) is 13.7. The fourth-order valence-electron chi connectivity index (χ4n) is 2.94. The molecule has 0 N–H and O–H groups in total. The number of hydrogen-bond acceptors (Lipinski definition) is 2. The summed E-state index contributed by atoms with van der Waals surface area (Å²) in [7, 11) is 0. The van der Waals surface area contributed by atoms with Crippen molar-refractivity contribution in [3.8, 4) is 0 Å². The summed E-state index contributed by atoms with van der Waals surface area (Å²) in [6.45, 7) is 3.21. The molecule has 1 aliphatic heterocycles. The van der Waals surface area contributed by atoms with Crippen LogP contribution in [-0.2, 0) is 6.54 Å². The third-order valence-electron chi connectivity index (χ3n) is 4.25. The van der Waals surface area contributed by atoms with Gasteiger partial charge in [0.05, 0.1) is 5.02 Å². The first-order chi connectivity index (χ1) is 11.1. The highest BCUT2D eigenvalue weighted by Gasteiger charge is 2.13. The van der Waals surface area contributed by atoms with Crippen molar-refractivity contribution in [3.05, 3.63) is 70.0 Å². The molecule has 0 amide bonds. The maximum atomic E-state index is 13.5. The van der Waals surface area contributed by atoms with E-state index in [1.165, 1.54) is 37.0 Å². The van der Waals surface area contributed by atoms with Crippen LogP contribution < -0.4 is 0 Å². The summed E-state index contributed by atoms with van der Waals surface area (Å²) in [4.78, 5) is 14.8. The van der Waals surface area contributed by atoms with Crippen molar-refractivity contribution in [2.75, 3.05) is 13.1 Å². The molecule has 0 saturated carbocycles. The van der Waals surface area contributed by atoms with Gasteiger partial charge in [-0.1, -0.05) is 42.3 Å². The fourth-order valence-corrected chi connectivity index (χ4v) is 3.06. The predicted octanol–water partition coefficient (Wildman–Crippen LogP) is 4.70. The van der Waals surface area contributed by atoms with Gasteiger partial charge in [0, 0.05) is 17.7 Å². The van der Waals surface area contributed by atoms with Gasteiger partial charge in [-0.05, 0) is 49.7 Å². The molecule has 2 aromatic rings. The topological polar surface area (TPSA) is 20.3 Å². The maximum Gasteiger partial charge on any atom is 0.193 e. The molecule has 0 radical (unpaired) electrons. The van der Waals surface area contributed by atoms with Crippen molar-refractivity contribution in [1.29, 1.82) is 0 Å². The molecule has 2 aromatic carbocycles. The molecule has 0 aliphatic carbocycles. The highest BCUT2D eigenvalue weighted by molar-refractivity contribution is 6.30. The third-order valence-corrected chi connectivity index (χ3v) is 4.56. The number of likely N-dealkylation sites (tertiary alicyclic amines) is 1. The van der Waals surface area contributed by atoms with Gasteiger partial charge in [-0.25, -0.2) is 4.39 Å². The van der Waals surface area contributed by atoms with Gasteiger partial charge in [0.15, 0.2) is 5.78 Å². The van der Waals surface area contributed by atoms with Crippen LogP contribution in [0.4, 0.5) is 4.39 Å². The molecule has 0 atom stereocenters. The van der Waals surface area contributed by atoms with E-state index in [-0.39, 0.29) is 10.8 Å². The van der Waals surface area contributed by atoms with Gasteiger partial charge in [0.25, 0.3) is 0 Å². The van der Waals surface area contributed by atoms with Crippen LogP contribution in [0.25, 0.3) is 0 Å². The third kappa shape index (κ3) is 3.98. The SMILES string of the molecule is O=C(c1ccc(CN2CCCCC2)cc1)c1ccc(Cl)c(F)c1. The van der Waals surface area contributed by atoms with Crippen LogP contribution in [0.3, 0.4) is 0 Å². The number of nitrogens with zero attached hydrogens (tertiary/aromatic N) is 1. The summed E-state index contributed by atoms with van der Waals surface area (Å²) in [6.07, 6.45) is 3.85. The quantitative estimate of drug-likeness (QED) is 0.757. The van der Waals surface area contributed by atoms with E-state index in [1.54, 1.807) is 6.07 Å². The number of benzene rings is 2. The summed E-state index contributed by atoms with van der Waals surface area (Å²) in [5, 5.41) is 0.0263. The molecule has 0 aromatic heterocycles. The van der Waals surface area contributed by atoms with E-state index in [1.807, 2.05) is 24.3 Å². The van der Waals surface area contributed by atoms with Gasteiger partial charge in [0.1, 0.15) is 5.82 Å². The van der Waals surface area contributed by atoms with Crippen molar-refractivity contribution in [1.82, 2.24) is 4.90 Å². The van der Waals surface area contributed by atoms with Crippen LogP contribution in [0, 0.1) is 5.82 Å². The molecule has 4 heteroatoms. The Bertz CT molecular complexity index is 693. The van der Waals surface area contributed by atoms with Crippen LogP contribution in [-0.4, -0.2) is 23.8 Å². The van der Waals surface area contributed by atoms with E-state index in [0.29, 0.717) is 11.1 Å². The molecule has 1 heterocycles. The van der Waals surface area contributed by atoms with Crippen molar-refractivity contribution in [2.24, 2.45) is 0 Å². The van der Waals surface area contributed by atoms with Gasteiger partial charge in [0.2, 0.25) is 0 Å². The first-order valence-electron chi connectivity index (χ1n) is 7.94. The second kappa shape index (κ2) is 7.24.